The number of hydrogen-bond donors (Lipinski definition) is 1. The van der Waals surface area contributed by atoms with Crippen LogP contribution in [0.25, 0.3) is 0 Å². The molecule has 0 aliphatic carbocycles. The lowest BCUT2D eigenvalue weighted by Gasteiger charge is -2.30. The summed E-state index contributed by atoms with van der Waals surface area (Å²) in [5.41, 5.74) is 1.94. The molecule has 0 spiro atoms. The second-order valence-electron chi connectivity index (χ2n) is 6.79. The smallest absolute Gasteiger partial charge is 0.276 e. The monoisotopic (exact) mass is 340 g/mol. The highest BCUT2D eigenvalue weighted by Gasteiger charge is 2.15. The Bertz CT molecular complexity index is 790. The van der Waals surface area contributed by atoms with Gasteiger partial charge in [-0.05, 0) is 55.6 Å². The number of aryl methyl sites for hydroxylation is 1. The molecule has 2 aromatic rings. The topological polar surface area (TPSA) is 67.2 Å². The highest BCUT2D eigenvalue weighted by Crippen LogP contribution is 2.19. The van der Waals surface area contributed by atoms with Crippen LogP contribution >= 0.6 is 0 Å². The van der Waals surface area contributed by atoms with Crippen LogP contribution in [0.15, 0.2) is 41.2 Å². The quantitative estimate of drug-likeness (QED) is 0.927. The largest absolute Gasteiger partial charge is 0.321 e. The van der Waals surface area contributed by atoms with E-state index < -0.39 is 0 Å². The molecule has 0 unspecified atom stereocenters. The molecule has 0 radical (unpaired) electrons. The first-order chi connectivity index (χ1) is 12.0. The summed E-state index contributed by atoms with van der Waals surface area (Å²) in [6.45, 7) is 5.56. The van der Waals surface area contributed by atoms with E-state index in [9.17, 15) is 9.59 Å². The Hall–Kier alpha value is -2.47. The lowest BCUT2D eigenvalue weighted by Crippen LogP contribution is -2.32. The summed E-state index contributed by atoms with van der Waals surface area (Å²) >= 11 is 0. The van der Waals surface area contributed by atoms with E-state index in [-0.39, 0.29) is 17.2 Å². The van der Waals surface area contributed by atoms with Crippen LogP contribution in [0.2, 0.25) is 0 Å². The second-order valence-corrected chi connectivity index (χ2v) is 6.79. The molecule has 3 rings (SSSR count). The molecule has 1 aliphatic rings. The maximum Gasteiger partial charge on any atom is 0.276 e. The molecule has 1 aliphatic heterocycles. The van der Waals surface area contributed by atoms with Gasteiger partial charge in [0, 0.05) is 25.3 Å². The van der Waals surface area contributed by atoms with E-state index in [2.05, 4.69) is 22.2 Å². The maximum absolute atomic E-state index is 12.2. The second kappa shape index (κ2) is 7.61. The number of carbonyl (C=O) groups is 1. The highest BCUT2D eigenvalue weighted by atomic mass is 16.2. The average molecular weight is 340 g/mol. The van der Waals surface area contributed by atoms with E-state index in [0.29, 0.717) is 0 Å². The minimum atomic E-state index is -0.326. The molecule has 2 heterocycles. The number of rotatable bonds is 4. The lowest BCUT2D eigenvalue weighted by molar-refractivity contribution is 0.102. The molecule has 1 fully saturated rings. The fourth-order valence-electron chi connectivity index (χ4n) is 2.99. The van der Waals surface area contributed by atoms with Gasteiger partial charge in [0.05, 0.1) is 0 Å². The van der Waals surface area contributed by atoms with Gasteiger partial charge in [0.2, 0.25) is 0 Å². The number of likely N-dealkylation sites (tertiary alicyclic amines) is 1. The lowest BCUT2D eigenvalue weighted by atomic mass is 9.99. The van der Waals surface area contributed by atoms with Crippen LogP contribution in [0, 0.1) is 5.92 Å². The molecule has 25 heavy (non-hydrogen) atoms. The van der Waals surface area contributed by atoms with Crippen LogP contribution in [-0.4, -0.2) is 33.7 Å². The average Bonchev–Trinajstić information content (AvgIpc) is 2.61. The van der Waals surface area contributed by atoms with E-state index in [4.69, 9.17) is 0 Å². The van der Waals surface area contributed by atoms with Crippen LogP contribution in [0.3, 0.4) is 0 Å². The minimum absolute atomic E-state index is 0.216. The first kappa shape index (κ1) is 17.4. The molecule has 1 N–H and O–H groups in total. The summed E-state index contributed by atoms with van der Waals surface area (Å²) in [6.07, 6.45) is 2.53. The molecule has 1 saturated heterocycles. The number of aromatic nitrogens is 2. The van der Waals surface area contributed by atoms with Gasteiger partial charge in [-0.25, -0.2) is 4.68 Å². The molecule has 0 atom stereocenters. The van der Waals surface area contributed by atoms with E-state index in [1.807, 2.05) is 24.3 Å². The maximum atomic E-state index is 12.2. The van der Waals surface area contributed by atoms with Gasteiger partial charge >= 0.3 is 0 Å². The number of carbonyl (C=O) groups excluding carboxylic acids is 1. The van der Waals surface area contributed by atoms with Gasteiger partial charge in [-0.2, -0.15) is 5.10 Å². The SMILES string of the molecule is CC1CCN(Cc2ccc(NC(=O)c3ccc(=O)n(C)n3)cc2)CC1. The third-order valence-electron chi connectivity index (χ3n) is 4.69. The Labute approximate surface area is 147 Å². The third kappa shape index (κ3) is 4.54. The predicted octanol–water partition coefficient (Wildman–Crippen LogP) is 2.26. The Balaban J connectivity index is 1.59. The third-order valence-corrected chi connectivity index (χ3v) is 4.69. The number of nitrogens with zero attached hydrogens (tertiary/aromatic N) is 3. The van der Waals surface area contributed by atoms with E-state index in [0.717, 1.165) is 35.9 Å². The minimum Gasteiger partial charge on any atom is -0.321 e. The van der Waals surface area contributed by atoms with Crippen molar-refractivity contribution in [3.8, 4) is 0 Å². The number of nitrogens with one attached hydrogen (secondary N) is 1. The van der Waals surface area contributed by atoms with Crippen LogP contribution in [0.4, 0.5) is 5.69 Å². The zero-order chi connectivity index (χ0) is 17.8. The van der Waals surface area contributed by atoms with Gasteiger partial charge in [-0.15, -0.1) is 0 Å². The zero-order valence-electron chi connectivity index (χ0n) is 14.7. The van der Waals surface area contributed by atoms with Gasteiger partial charge < -0.3 is 5.32 Å². The number of amides is 1. The van der Waals surface area contributed by atoms with Crippen molar-refractivity contribution in [3.63, 3.8) is 0 Å². The number of anilines is 1. The van der Waals surface area contributed by atoms with Crippen molar-refractivity contribution in [3.05, 3.63) is 58.0 Å². The van der Waals surface area contributed by atoms with Crippen molar-refractivity contribution in [2.24, 2.45) is 13.0 Å². The first-order valence-corrected chi connectivity index (χ1v) is 8.68. The summed E-state index contributed by atoms with van der Waals surface area (Å²) in [7, 11) is 1.52. The molecule has 1 aromatic carbocycles. The highest BCUT2D eigenvalue weighted by molar-refractivity contribution is 6.02. The Morgan fingerprint density at radius 1 is 1.16 bits per heavy atom. The summed E-state index contributed by atoms with van der Waals surface area (Å²) in [5.74, 6) is 0.508. The van der Waals surface area contributed by atoms with E-state index in [1.165, 1.54) is 37.6 Å². The van der Waals surface area contributed by atoms with Crippen LogP contribution in [0.5, 0.6) is 0 Å². The van der Waals surface area contributed by atoms with Crippen molar-refractivity contribution >= 4 is 11.6 Å². The zero-order valence-corrected chi connectivity index (χ0v) is 14.7. The fraction of sp³-hybridized carbons (Fsp3) is 0.421. The molecule has 0 saturated carbocycles. The standard InChI is InChI=1S/C19H24N4O2/c1-14-9-11-23(12-10-14)13-15-3-5-16(6-4-15)20-19(25)17-7-8-18(24)22(2)21-17/h3-8,14H,9-13H2,1-2H3,(H,20,25). The molecule has 1 aromatic heterocycles. The van der Waals surface area contributed by atoms with Crippen LogP contribution < -0.4 is 10.9 Å². The molecule has 132 valence electrons. The van der Waals surface area contributed by atoms with Gasteiger partial charge in [0.1, 0.15) is 5.69 Å². The number of benzene rings is 1. The van der Waals surface area contributed by atoms with E-state index in [1.54, 1.807) is 0 Å². The first-order valence-electron chi connectivity index (χ1n) is 8.68. The Morgan fingerprint density at radius 3 is 2.48 bits per heavy atom. The molecular formula is C19H24N4O2. The Morgan fingerprint density at radius 2 is 1.84 bits per heavy atom. The molecule has 1 amide bonds. The van der Waals surface area contributed by atoms with Gasteiger partial charge in [-0.3, -0.25) is 14.5 Å². The summed E-state index contributed by atoms with van der Waals surface area (Å²) in [6, 6.07) is 10.7. The van der Waals surface area contributed by atoms with Crippen molar-refractivity contribution in [1.29, 1.82) is 0 Å². The number of hydrogen-bond acceptors (Lipinski definition) is 4. The fourth-order valence-corrected chi connectivity index (χ4v) is 2.99. The Kier molecular flexibility index (Phi) is 5.28. The summed E-state index contributed by atoms with van der Waals surface area (Å²) < 4.78 is 1.15. The van der Waals surface area contributed by atoms with Crippen molar-refractivity contribution in [2.45, 2.75) is 26.3 Å². The van der Waals surface area contributed by atoms with E-state index >= 15 is 0 Å². The van der Waals surface area contributed by atoms with Gasteiger partial charge in [0.25, 0.3) is 11.5 Å². The molecule has 6 nitrogen and oxygen atoms in total. The van der Waals surface area contributed by atoms with Crippen molar-refractivity contribution in [2.75, 3.05) is 18.4 Å². The van der Waals surface area contributed by atoms with Crippen molar-refractivity contribution < 1.29 is 4.79 Å². The predicted molar refractivity (Wildman–Crippen MR) is 97.5 cm³/mol. The van der Waals surface area contributed by atoms with Crippen LogP contribution in [-0.2, 0) is 13.6 Å². The summed E-state index contributed by atoms with van der Waals surface area (Å²) in [5, 5.41) is 6.77. The molecule has 6 heteroatoms. The van der Waals surface area contributed by atoms with Crippen LogP contribution in [0.1, 0.15) is 35.8 Å². The molecular weight excluding hydrogens is 316 g/mol. The van der Waals surface area contributed by atoms with Crippen molar-refractivity contribution in [1.82, 2.24) is 14.7 Å². The van der Waals surface area contributed by atoms with Gasteiger partial charge in [0.15, 0.2) is 0 Å². The molecule has 0 bridgehead atoms. The summed E-state index contributed by atoms with van der Waals surface area (Å²) in [4.78, 5) is 26.0. The van der Waals surface area contributed by atoms with Gasteiger partial charge in [-0.1, -0.05) is 19.1 Å². The number of piperidine rings is 1. The normalized spacial score (nSPS) is 15.9.